The first-order chi connectivity index (χ1) is 26.3. The number of rotatable bonds is 2. The molecule has 10 aromatic rings. The van der Waals surface area contributed by atoms with Crippen molar-refractivity contribution in [3.63, 3.8) is 0 Å². The van der Waals surface area contributed by atoms with Crippen LogP contribution in [0, 0.1) is 0 Å². The Balaban J connectivity index is 1.18. The second-order valence-corrected chi connectivity index (χ2v) is 14.5. The van der Waals surface area contributed by atoms with E-state index in [1.165, 1.54) is 93.7 Å². The van der Waals surface area contributed by atoms with Crippen molar-refractivity contribution in [3.05, 3.63) is 210 Å². The van der Waals surface area contributed by atoms with E-state index in [0.717, 1.165) is 11.2 Å². The van der Waals surface area contributed by atoms with Gasteiger partial charge in [0.1, 0.15) is 0 Å². The molecule has 0 unspecified atom stereocenters. The monoisotopic (exact) mass is 672 g/mol. The lowest BCUT2D eigenvalue weighted by Crippen LogP contribution is -2.36. The number of para-hydroxylation sites is 3. The number of nitrogens with zero attached hydrogens (tertiary/aromatic N) is 1. The highest BCUT2D eigenvalue weighted by molar-refractivity contribution is 6.20. The van der Waals surface area contributed by atoms with Crippen molar-refractivity contribution >= 4 is 60.4 Å². The SMILES string of the molecule is c1ccc(N2c3ccccc3C3(c4cc(-c5ccc6[nH]c7ccc8ccccc8c7c6c5)ccc4-c4c3ccc3ccccc43)c3ccccc32)cc1. The fourth-order valence-electron chi connectivity index (χ4n) is 9.80. The number of benzene rings is 9. The van der Waals surface area contributed by atoms with Gasteiger partial charge < -0.3 is 9.88 Å². The molecule has 1 spiro atoms. The Bertz CT molecular complexity index is 3080. The minimum Gasteiger partial charge on any atom is -0.354 e. The van der Waals surface area contributed by atoms with Crippen LogP contribution < -0.4 is 4.90 Å². The first kappa shape index (κ1) is 28.8. The molecule has 2 heterocycles. The van der Waals surface area contributed by atoms with Crippen LogP contribution in [0.4, 0.5) is 17.1 Å². The molecule has 0 bridgehead atoms. The molecule has 12 rings (SSSR count). The van der Waals surface area contributed by atoms with E-state index in [9.17, 15) is 0 Å². The highest BCUT2D eigenvalue weighted by Gasteiger charge is 2.52. The van der Waals surface area contributed by atoms with E-state index >= 15 is 0 Å². The quantitative estimate of drug-likeness (QED) is 0.194. The van der Waals surface area contributed by atoms with Crippen molar-refractivity contribution < 1.29 is 0 Å². The van der Waals surface area contributed by atoms with Gasteiger partial charge in [0.05, 0.1) is 16.8 Å². The maximum Gasteiger partial charge on any atom is 0.0754 e. The number of hydrogen-bond donors (Lipinski definition) is 1. The molecule has 9 aromatic carbocycles. The van der Waals surface area contributed by atoms with Crippen LogP contribution in [0.5, 0.6) is 0 Å². The van der Waals surface area contributed by atoms with Gasteiger partial charge in [-0.3, -0.25) is 0 Å². The minimum absolute atomic E-state index is 0.524. The first-order valence-electron chi connectivity index (χ1n) is 18.4. The van der Waals surface area contributed by atoms with Crippen LogP contribution in [0.15, 0.2) is 188 Å². The molecule has 0 amide bonds. The zero-order valence-corrected chi connectivity index (χ0v) is 28.8. The van der Waals surface area contributed by atoms with Gasteiger partial charge in [-0.1, -0.05) is 140 Å². The Labute approximate surface area is 307 Å². The van der Waals surface area contributed by atoms with Crippen molar-refractivity contribution in [2.45, 2.75) is 5.41 Å². The molecule has 0 saturated heterocycles. The second kappa shape index (κ2) is 10.6. The lowest BCUT2D eigenvalue weighted by Gasteiger charge is -2.45. The lowest BCUT2D eigenvalue weighted by molar-refractivity contribution is 0.753. The van der Waals surface area contributed by atoms with Crippen LogP contribution in [0.2, 0.25) is 0 Å². The fourth-order valence-corrected chi connectivity index (χ4v) is 9.80. The van der Waals surface area contributed by atoms with Crippen LogP contribution >= 0.6 is 0 Å². The molecule has 1 aliphatic heterocycles. The summed E-state index contributed by atoms with van der Waals surface area (Å²) in [4.78, 5) is 6.15. The van der Waals surface area contributed by atoms with Crippen molar-refractivity contribution in [1.29, 1.82) is 0 Å². The average Bonchev–Trinajstić information content (AvgIpc) is 3.75. The van der Waals surface area contributed by atoms with Gasteiger partial charge in [-0.2, -0.15) is 0 Å². The van der Waals surface area contributed by atoms with Crippen LogP contribution in [-0.4, -0.2) is 4.98 Å². The molecule has 1 aliphatic carbocycles. The molecule has 2 aliphatic rings. The number of nitrogens with one attached hydrogen (secondary N) is 1. The third kappa shape index (κ3) is 3.77. The molecule has 0 atom stereocenters. The Morgan fingerprint density at radius 2 is 1.00 bits per heavy atom. The molecular weight excluding hydrogens is 641 g/mol. The Morgan fingerprint density at radius 3 is 1.79 bits per heavy atom. The third-order valence-electron chi connectivity index (χ3n) is 12.0. The van der Waals surface area contributed by atoms with Gasteiger partial charge in [0.25, 0.3) is 0 Å². The molecule has 2 heteroatoms. The largest absolute Gasteiger partial charge is 0.354 e. The maximum atomic E-state index is 3.70. The average molecular weight is 673 g/mol. The zero-order valence-electron chi connectivity index (χ0n) is 28.8. The summed E-state index contributed by atoms with van der Waals surface area (Å²) in [5, 5.41) is 7.64. The summed E-state index contributed by atoms with van der Waals surface area (Å²) in [5.41, 5.74) is 15.7. The molecule has 1 aromatic heterocycles. The first-order valence-corrected chi connectivity index (χ1v) is 18.4. The highest BCUT2D eigenvalue weighted by atomic mass is 15.2. The topological polar surface area (TPSA) is 19.0 Å². The normalized spacial score (nSPS) is 13.8. The molecule has 0 saturated carbocycles. The lowest BCUT2D eigenvalue weighted by atomic mass is 9.64. The molecule has 2 nitrogen and oxygen atoms in total. The van der Waals surface area contributed by atoms with Crippen molar-refractivity contribution in [1.82, 2.24) is 4.98 Å². The van der Waals surface area contributed by atoms with Gasteiger partial charge in [0, 0.05) is 27.5 Å². The molecule has 53 heavy (non-hydrogen) atoms. The number of anilines is 3. The molecular formula is C51H32N2. The van der Waals surface area contributed by atoms with Crippen molar-refractivity contribution in [3.8, 4) is 22.3 Å². The standard InChI is InChI=1S/C51H32N2/c1-2-14-36(15-3-1)53-47-20-10-8-18-41(47)51(42-19-9-11-21-48(42)53)43-27-23-32-12-4-6-16-37(32)49(43)39-26-22-35(31-44(39)51)34-25-28-45-40(30-34)50-38-17-7-5-13-33(38)24-29-46(50)52-45/h1-31,52H. The second-order valence-electron chi connectivity index (χ2n) is 14.5. The predicted octanol–water partition coefficient (Wildman–Crippen LogP) is 13.4. The summed E-state index contributed by atoms with van der Waals surface area (Å²) in [6.45, 7) is 0. The maximum absolute atomic E-state index is 3.70. The fraction of sp³-hybridized carbons (Fsp3) is 0.0196. The van der Waals surface area contributed by atoms with Gasteiger partial charge in [-0.05, 0) is 115 Å². The van der Waals surface area contributed by atoms with E-state index in [2.05, 4.69) is 198 Å². The van der Waals surface area contributed by atoms with Gasteiger partial charge in [0.15, 0.2) is 0 Å². The van der Waals surface area contributed by atoms with Crippen molar-refractivity contribution in [2.75, 3.05) is 4.90 Å². The van der Waals surface area contributed by atoms with E-state index in [1.807, 2.05) is 0 Å². The zero-order chi connectivity index (χ0) is 34.7. The predicted molar refractivity (Wildman–Crippen MR) is 222 cm³/mol. The van der Waals surface area contributed by atoms with Gasteiger partial charge in [-0.25, -0.2) is 0 Å². The number of aromatic nitrogens is 1. The van der Waals surface area contributed by atoms with E-state index in [0.29, 0.717) is 0 Å². The minimum atomic E-state index is -0.524. The number of fused-ring (bicyclic) bond motifs is 16. The molecule has 246 valence electrons. The Morgan fingerprint density at radius 1 is 0.396 bits per heavy atom. The smallest absolute Gasteiger partial charge is 0.0754 e. The number of aromatic amines is 1. The summed E-state index contributed by atoms with van der Waals surface area (Å²) in [5.74, 6) is 0. The van der Waals surface area contributed by atoms with E-state index in [4.69, 9.17) is 0 Å². The molecule has 0 radical (unpaired) electrons. The summed E-state index contributed by atoms with van der Waals surface area (Å²) >= 11 is 0. The molecule has 1 N–H and O–H groups in total. The van der Waals surface area contributed by atoms with Gasteiger partial charge in [-0.15, -0.1) is 0 Å². The summed E-state index contributed by atoms with van der Waals surface area (Å²) in [6, 6.07) is 69.9. The van der Waals surface area contributed by atoms with E-state index in [-0.39, 0.29) is 0 Å². The summed E-state index contributed by atoms with van der Waals surface area (Å²) < 4.78 is 0. The van der Waals surface area contributed by atoms with Gasteiger partial charge in [0.2, 0.25) is 0 Å². The van der Waals surface area contributed by atoms with Crippen molar-refractivity contribution in [2.24, 2.45) is 0 Å². The van der Waals surface area contributed by atoms with Gasteiger partial charge >= 0.3 is 0 Å². The third-order valence-corrected chi connectivity index (χ3v) is 12.0. The highest BCUT2D eigenvalue weighted by Crippen LogP contribution is 2.64. The number of H-pyrrole nitrogens is 1. The van der Waals surface area contributed by atoms with Crippen LogP contribution in [-0.2, 0) is 5.41 Å². The number of hydrogen-bond acceptors (Lipinski definition) is 1. The van der Waals surface area contributed by atoms with E-state index in [1.54, 1.807) is 0 Å². The van der Waals surface area contributed by atoms with Crippen LogP contribution in [0.3, 0.4) is 0 Å². The molecule has 0 fully saturated rings. The van der Waals surface area contributed by atoms with E-state index < -0.39 is 5.41 Å². The van der Waals surface area contributed by atoms with Crippen LogP contribution in [0.25, 0.3) is 65.6 Å². The van der Waals surface area contributed by atoms with Crippen LogP contribution in [0.1, 0.15) is 22.3 Å². The Kier molecular flexibility index (Phi) is 5.73. The summed E-state index contributed by atoms with van der Waals surface area (Å²) in [6.07, 6.45) is 0. The Hall–Kier alpha value is -6.90. The summed E-state index contributed by atoms with van der Waals surface area (Å²) in [7, 11) is 0.